The molecular formula is C142H168. The van der Waals surface area contributed by atoms with E-state index in [0.29, 0.717) is 0 Å². The molecule has 142 heavy (non-hydrogen) atoms. The van der Waals surface area contributed by atoms with Gasteiger partial charge in [-0.3, -0.25) is 0 Å². The van der Waals surface area contributed by atoms with Crippen LogP contribution in [0.15, 0.2) is 473 Å². The van der Waals surface area contributed by atoms with E-state index in [1.807, 2.05) is 194 Å². The second kappa shape index (κ2) is 72.7. The Morgan fingerprint density at radius 3 is 0.268 bits per heavy atom. The van der Waals surface area contributed by atoms with Crippen LogP contribution in [0.5, 0.6) is 0 Å². The first kappa shape index (κ1) is 122. The third-order valence-corrected chi connectivity index (χ3v) is 21.9. The van der Waals surface area contributed by atoms with Gasteiger partial charge in [0.15, 0.2) is 0 Å². The topological polar surface area (TPSA) is 0 Å². The minimum Gasteiger partial charge on any atom is -0.0683 e. The molecule has 0 aliphatic rings. The van der Waals surface area contributed by atoms with Crippen molar-refractivity contribution >= 4 is 172 Å². The van der Waals surface area contributed by atoms with Crippen molar-refractivity contribution in [3.8, 4) is 0 Å². The zero-order valence-corrected chi connectivity index (χ0v) is 92.0. The van der Waals surface area contributed by atoms with Gasteiger partial charge in [-0.2, -0.15) is 0 Å². The van der Waals surface area contributed by atoms with Gasteiger partial charge in [0.05, 0.1) is 0 Å². The molecule has 24 aromatic rings. The predicted octanol–water partition coefficient (Wildman–Crippen LogP) is 46.9. The summed E-state index contributed by atoms with van der Waals surface area (Å²) < 4.78 is 0. The Labute approximate surface area is 858 Å². The molecule has 0 aliphatic heterocycles. The lowest BCUT2D eigenvalue weighted by Crippen LogP contribution is -1.81. The standard InChI is InChI=1S/2C15H12.6C14H10.14C2H6/c2*1-11-14-8-4-2-6-12(14)10-13-7-3-5-9-15(11)13;3*1-3-7-13-11(5-1)9-10-12-6-2-4-8-14(12)13;3*1-2-6-12-10-14-8-4-3-7-13(14)9-11(12)5-1;14*1-2/h2*2-10H,1H3;6*1-10H;14*1-2H3. The average Bonchev–Trinajstić information content (AvgIpc) is 0.780. The molecule has 0 saturated carbocycles. The van der Waals surface area contributed by atoms with Crippen LogP contribution >= 0.6 is 0 Å². The van der Waals surface area contributed by atoms with E-state index in [-0.39, 0.29) is 0 Å². The normalized spacial score (nSPS) is 9.34. The van der Waals surface area contributed by atoms with E-state index in [9.17, 15) is 0 Å². The molecular weight excluding hydrogens is 1710 g/mol. The second-order valence-electron chi connectivity index (χ2n) is 29.1. The third-order valence-electron chi connectivity index (χ3n) is 21.9. The van der Waals surface area contributed by atoms with Gasteiger partial charge in [-0.1, -0.05) is 619 Å². The van der Waals surface area contributed by atoms with Crippen LogP contribution < -0.4 is 0 Å². The molecule has 0 unspecified atom stereocenters. The van der Waals surface area contributed by atoms with Crippen LogP contribution in [0.3, 0.4) is 0 Å². The minimum atomic E-state index is 1.31. The van der Waals surface area contributed by atoms with Crippen LogP contribution in [0, 0.1) is 13.8 Å². The lowest BCUT2D eigenvalue weighted by molar-refractivity contribution is 1.50. The van der Waals surface area contributed by atoms with Crippen molar-refractivity contribution in [1.82, 2.24) is 0 Å². The number of benzene rings is 24. The van der Waals surface area contributed by atoms with E-state index in [2.05, 4.69) is 487 Å². The molecule has 0 nitrogen and oxygen atoms in total. The van der Waals surface area contributed by atoms with E-state index in [1.54, 1.807) is 0 Å². The summed E-state index contributed by atoms with van der Waals surface area (Å²) in [7, 11) is 0. The summed E-state index contributed by atoms with van der Waals surface area (Å²) in [4.78, 5) is 0. The van der Waals surface area contributed by atoms with Gasteiger partial charge in [0.1, 0.15) is 0 Å². The molecule has 24 aromatic carbocycles. The molecule has 0 saturated heterocycles. The highest BCUT2D eigenvalue weighted by atomic mass is 14.1. The fourth-order valence-corrected chi connectivity index (χ4v) is 16.0. The predicted molar refractivity (Wildman–Crippen MR) is 660 cm³/mol. The summed E-state index contributed by atoms with van der Waals surface area (Å²) in [5.41, 5.74) is 2.76. The summed E-state index contributed by atoms with van der Waals surface area (Å²) in [6.07, 6.45) is 0. The molecule has 24 rings (SSSR count). The van der Waals surface area contributed by atoms with E-state index in [4.69, 9.17) is 0 Å². The Bertz CT molecular complexity index is 6250. The van der Waals surface area contributed by atoms with Gasteiger partial charge in [-0.15, -0.1) is 0 Å². The van der Waals surface area contributed by atoms with Crippen molar-refractivity contribution in [3.63, 3.8) is 0 Å². The fraction of sp³-hybridized carbons (Fsp3) is 0.211. The van der Waals surface area contributed by atoms with Gasteiger partial charge in [0.25, 0.3) is 0 Å². The highest BCUT2D eigenvalue weighted by Crippen LogP contribution is 2.33. The van der Waals surface area contributed by atoms with Crippen LogP contribution in [-0.4, -0.2) is 0 Å². The third kappa shape index (κ3) is 34.7. The van der Waals surface area contributed by atoms with Gasteiger partial charge >= 0.3 is 0 Å². The number of rotatable bonds is 0. The largest absolute Gasteiger partial charge is 0.0683 e. The van der Waals surface area contributed by atoms with Gasteiger partial charge in [-0.05, 0) is 246 Å². The Morgan fingerprint density at radius 2 is 0.155 bits per heavy atom. The number of aryl methyl sites for hydroxylation is 2. The Morgan fingerprint density at radius 1 is 0.0775 bits per heavy atom. The van der Waals surface area contributed by atoms with E-state index in [1.165, 1.54) is 183 Å². The fourth-order valence-electron chi connectivity index (χ4n) is 16.0. The monoisotopic (exact) mass is 1870 g/mol. The quantitative estimate of drug-likeness (QED) is 0.105. The molecule has 0 aliphatic carbocycles. The van der Waals surface area contributed by atoms with Crippen LogP contribution in [0.1, 0.15) is 205 Å². The maximum atomic E-state index is 2.26. The van der Waals surface area contributed by atoms with E-state index >= 15 is 0 Å². The number of fused-ring (bicyclic) bond motifs is 19. The van der Waals surface area contributed by atoms with E-state index in [0.717, 1.165) is 0 Å². The first-order valence-corrected chi connectivity index (χ1v) is 53.3. The molecule has 0 atom stereocenters. The van der Waals surface area contributed by atoms with Crippen LogP contribution in [0.2, 0.25) is 0 Å². The van der Waals surface area contributed by atoms with Gasteiger partial charge in [0, 0.05) is 0 Å². The average molecular weight is 1870 g/mol. The Balaban J connectivity index is 0.000000402. The maximum Gasteiger partial charge on any atom is -0.0105 e. The molecule has 0 amide bonds. The zero-order valence-electron chi connectivity index (χ0n) is 92.0. The molecule has 0 aromatic heterocycles. The zero-order chi connectivity index (χ0) is 105. The summed E-state index contributed by atoms with van der Waals surface area (Å²) in [5, 5.41) is 42.4. The van der Waals surface area contributed by atoms with Gasteiger partial charge in [0.2, 0.25) is 0 Å². The molecule has 0 heteroatoms. The van der Waals surface area contributed by atoms with Crippen LogP contribution in [0.4, 0.5) is 0 Å². The minimum absolute atomic E-state index is 1.31. The van der Waals surface area contributed by atoms with Crippen LogP contribution in [0.25, 0.3) is 172 Å². The molecule has 0 radical (unpaired) electrons. The van der Waals surface area contributed by atoms with Crippen molar-refractivity contribution in [2.75, 3.05) is 0 Å². The van der Waals surface area contributed by atoms with Crippen molar-refractivity contribution in [1.29, 1.82) is 0 Å². The van der Waals surface area contributed by atoms with Crippen molar-refractivity contribution < 1.29 is 0 Å². The first-order valence-electron chi connectivity index (χ1n) is 53.3. The SMILES string of the molecule is CC.CC.CC.CC.CC.CC.CC.CC.CC.CC.CC.CC.CC.CC.Cc1c2ccccc2cc2ccccc12.Cc1c2ccccc2cc2ccccc12.c1ccc2c(c1)ccc1ccccc12.c1ccc2c(c1)ccc1ccccc12.c1ccc2c(c1)ccc1ccccc12.c1ccc2cc3ccccc3cc2c1.c1ccc2cc3ccccc3cc2c1.c1ccc2cc3ccccc3cc2c1. The first-order chi connectivity index (χ1) is 70.4. The lowest BCUT2D eigenvalue weighted by atomic mass is 9.98. The van der Waals surface area contributed by atoms with Crippen molar-refractivity contribution in [2.45, 2.75) is 208 Å². The van der Waals surface area contributed by atoms with E-state index < -0.39 is 0 Å². The summed E-state index contributed by atoms with van der Waals surface area (Å²) in [6.45, 7) is 60.4. The number of hydrogen-bond acceptors (Lipinski definition) is 0. The molecule has 0 heterocycles. The number of hydrogen-bond donors (Lipinski definition) is 0. The summed E-state index contributed by atoms with van der Waals surface area (Å²) >= 11 is 0. The molecule has 0 bridgehead atoms. The Kier molecular flexibility index (Phi) is 62.2. The van der Waals surface area contributed by atoms with Crippen LogP contribution in [-0.2, 0) is 0 Å². The summed E-state index contributed by atoms with van der Waals surface area (Å²) in [6, 6.07) is 167. The highest BCUT2D eigenvalue weighted by molar-refractivity contribution is 6.11. The molecule has 736 valence electrons. The molecule has 0 spiro atoms. The van der Waals surface area contributed by atoms with Gasteiger partial charge in [-0.25, -0.2) is 0 Å². The lowest BCUT2D eigenvalue weighted by Gasteiger charge is -2.06. The molecule has 0 N–H and O–H groups in total. The maximum absolute atomic E-state index is 2.26. The van der Waals surface area contributed by atoms with Crippen molar-refractivity contribution in [2.24, 2.45) is 0 Å². The smallest absolute Gasteiger partial charge is 0.0105 e. The van der Waals surface area contributed by atoms with Gasteiger partial charge < -0.3 is 0 Å². The highest BCUT2D eigenvalue weighted by Gasteiger charge is 2.07. The second-order valence-corrected chi connectivity index (χ2v) is 29.1. The van der Waals surface area contributed by atoms with Crippen molar-refractivity contribution in [3.05, 3.63) is 484 Å². The summed E-state index contributed by atoms with van der Waals surface area (Å²) in [5.74, 6) is 0. The Hall–Kier alpha value is -14.6. The molecule has 0 fully saturated rings.